The van der Waals surface area contributed by atoms with Crippen molar-refractivity contribution in [1.82, 2.24) is 5.32 Å². The zero-order valence-electron chi connectivity index (χ0n) is 10.8. The number of benzene rings is 1. The summed E-state index contributed by atoms with van der Waals surface area (Å²) < 4.78 is 18.3. The van der Waals surface area contributed by atoms with Gasteiger partial charge in [0.15, 0.2) is 0 Å². The Morgan fingerprint density at radius 1 is 1.33 bits per heavy atom. The molecule has 18 heavy (non-hydrogen) atoms. The van der Waals surface area contributed by atoms with Gasteiger partial charge in [0.2, 0.25) is 0 Å². The van der Waals surface area contributed by atoms with Crippen LogP contribution in [0, 0.1) is 12.7 Å². The monoisotopic (exact) mass is 253 g/mol. The zero-order valence-corrected chi connectivity index (χ0v) is 10.8. The Morgan fingerprint density at radius 3 is 2.50 bits per heavy atom. The summed E-state index contributed by atoms with van der Waals surface area (Å²) in [4.78, 5) is 23.3. The molecule has 0 heterocycles. The summed E-state index contributed by atoms with van der Waals surface area (Å²) in [6.07, 6.45) is 0. The third-order valence-corrected chi connectivity index (χ3v) is 2.56. The Hall–Kier alpha value is -1.91. The average Bonchev–Trinajstić information content (AvgIpc) is 2.30. The number of amides is 1. The summed E-state index contributed by atoms with van der Waals surface area (Å²) in [5.74, 6) is -1.83. The molecule has 4 nitrogen and oxygen atoms in total. The van der Waals surface area contributed by atoms with Gasteiger partial charge in [-0.3, -0.25) is 4.79 Å². The van der Waals surface area contributed by atoms with E-state index in [-0.39, 0.29) is 5.56 Å². The fourth-order valence-electron chi connectivity index (χ4n) is 1.48. The third-order valence-electron chi connectivity index (χ3n) is 2.56. The van der Waals surface area contributed by atoms with E-state index in [2.05, 4.69) is 10.1 Å². The van der Waals surface area contributed by atoms with Crippen LogP contribution in [0.3, 0.4) is 0 Å². The number of esters is 1. The van der Waals surface area contributed by atoms with Crippen LogP contribution in [0.1, 0.15) is 29.8 Å². The molecule has 0 saturated heterocycles. The molecule has 1 aromatic rings. The van der Waals surface area contributed by atoms with E-state index in [4.69, 9.17) is 0 Å². The number of hydrogen-bond acceptors (Lipinski definition) is 3. The van der Waals surface area contributed by atoms with E-state index in [0.717, 1.165) is 0 Å². The second-order valence-electron chi connectivity index (χ2n) is 4.51. The van der Waals surface area contributed by atoms with E-state index < -0.39 is 23.2 Å². The highest BCUT2D eigenvalue weighted by molar-refractivity contribution is 5.98. The van der Waals surface area contributed by atoms with E-state index in [0.29, 0.717) is 5.56 Å². The summed E-state index contributed by atoms with van der Waals surface area (Å²) in [5, 5.41) is 2.44. The number of nitrogens with one attached hydrogen (secondary N) is 1. The van der Waals surface area contributed by atoms with Crippen molar-refractivity contribution in [3.05, 3.63) is 35.1 Å². The summed E-state index contributed by atoms with van der Waals surface area (Å²) >= 11 is 0. The van der Waals surface area contributed by atoms with Gasteiger partial charge in [0.05, 0.1) is 12.7 Å². The Bertz CT molecular complexity index is 483. The maximum absolute atomic E-state index is 13.7. The van der Waals surface area contributed by atoms with Gasteiger partial charge in [-0.05, 0) is 32.4 Å². The second kappa shape index (κ2) is 5.16. The first-order valence-electron chi connectivity index (χ1n) is 5.45. The Morgan fingerprint density at radius 2 is 1.94 bits per heavy atom. The van der Waals surface area contributed by atoms with E-state index in [1.54, 1.807) is 19.1 Å². The van der Waals surface area contributed by atoms with Gasteiger partial charge in [-0.25, -0.2) is 9.18 Å². The lowest BCUT2D eigenvalue weighted by molar-refractivity contribution is -0.146. The van der Waals surface area contributed by atoms with Crippen molar-refractivity contribution in [2.24, 2.45) is 0 Å². The Labute approximate surface area is 105 Å². The molecule has 5 heteroatoms. The summed E-state index contributed by atoms with van der Waals surface area (Å²) in [6, 6.07) is 4.51. The molecule has 1 aromatic carbocycles. The fourth-order valence-corrected chi connectivity index (χ4v) is 1.48. The predicted octanol–water partition coefficient (Wildman–Crippen LogP) is 1.82. The normalized spacial score (nSPS) is 10.9. The number of ether oxygens (including phenoxy) is 1. The van der Waals surface area contributed by atoms with E-state index >= 15 is 0 Å². The quantitative estimate of drug-likeness (QED) is 0.836. The molecule has 0 saturated carbocycles. The minimum atomic E-state index is -1.21. The van der Waals surface area contributed by atoms with Gasteiger partial charge in [-0.2, -0.15) is 0 Å². The van der Waals surface area contributed by atoms with Gasteiger partial charge in [0.25, 0.3) is 5.91 Å². The maximum Gasteiger partial charge on any atom is 0.330 e. The van der Waals surface area contributed by atoms with Crippen molar-refractivity contribution in [1.29, 1.82) is 0 Å². The zero-order chi connectivity index (χ0) is 13.9. The highest BCUT2D eigenvalue weighted by atomic mass is 19.1. The number of carbonyl (C=O) groups is 2. The van der Waals surface area contributed by atoms with Crippen LogP contribution in [-0.2, 0) is 9.53 Å². The molecular weight excluding hydrogens is 237 g/mol. The molecule has 0 fully saturated rings. The van der Waals surface area contributed by atoms with Crippen LogP contribution in [0.25, 0.3) is 0 Å². The summed E-state index contributed by atoms with van der Waals surface area (Å²) in [6.45, 7) is 4.55. The lowest BCUT2D eigenvalue weighted by Crippen LogP contribution is -2.50. The van der Waals surface area contributed by atoms with Crippen LogP contribution < -0.4 is 5.32 Å². The molecule has 0 aliphatic carbocycles. The molecule has 0 spiro atoms. The maximum atomic E-state index is 13.7. The van der Waals surface area contributed by atoms with Gasteiger partial charge in [0, 0.05) is 0 Å². The third kappa shape index (κ3) is 2.85. The molecule has 0 aromatic heterocycles. The summed E-state index contributed by atoms with van der Waals surface area (Å²) in [5.41, 5.74) is -0.923. The molecule has 0 atom stereocenters. The first kappa shape index (κ1) is 14.2. The van der Waals surface area contributed by atoms with Crippen LogP contribution >= 0.6 is 0 Å². The second-order valence-corrected chi connectivity index (χ2v) is 4.51. The van der Waals surface area contributed by atoms with Crippen molar-refractivity contribution >= 4 is 11.9 Å². The molecule has 0 bridgehead atoms. The molecule has 1 N–H and O–H groups in total. The largest absolute Gasteiger partial charge is 0.467 e. The SMILES string of the molecule is COC(=O)C(C)(C)NC(=O)c1cccc(C)c1F. The van der Waals surface area contributed by atoms with Crippen LogP contribution in [0.2, 0.25) is 0 Å². The Kier molecular flexibility index (Phi) is 4.06. The molecule has 1 amide bonds. The smallest absolute Gasteiger partial charge is 0.330 e. The van der Waals surface area contributed by atoms with Crippen molar-refractivity contribution in [2.45, 2.75) is 26.3 Å². The lowest BCUT2D eigenvalue weighted by Gasteiger charge is -2.23. The number of hydrogen-bond donors (Lipinski definition) is 1. The fraction of sp³-hybridized carbons (Fsp3) is 0.385. The van der Waals surface area contributed by atoms with Crippen molar-refractivity contribution in [3.8, 4) is 0 Å². The van der Waals surface area contributed by atoms with E-state index in [9.17, 15) is 14.0 Å². The first-order chi connectivity index (χ1) is 8.29. The van der Waals surface area contributed by atoms with Crippen molar-refractivity contribution in [3.63, 3.8) is 0 Å². The van der Waals surface area contributed by atoms with Crippen molar-refractivity contribution < 1.29 is 18.7 Å². The van der Waals surface area contributed by atoms with Crippen LogP contribution in [0.5, 0.6) is 0 Å². The minimum absolute atomic E-state index is 0.0908. The highest BCUT2D eigenvalue weighted by Gasteiger charge is 2.31. The van der Waals surface area contributed by atoms with Gasteiger partial charge < -0.3 is 10.1 Å². The molecular formula is C13H16FNO3. The molecule has 1 rings (SSSR count). The molecule has 98 valence electrons. The van der Waals surface area contributed by atoms with Gasteiger partial charge in [-0.1, -0.05) is 12.1 Å². The number of rotatable bonds is 3. The molecule has 0 unspecified atom stereocenters. The Balaban J connectivity index is 2.96. The molecule has 0 radical (unpaired) electrons. The lowest BCUT2D eigenvalue weighted by atomic mass is 10.0. The van der Waals surface area contributed by atoms with Crippen LogP contribution in [0.15, 0.2) is 18.2 Å². The van der Waals surface area contributed by atoms with Gasteiger partial charge in [-0.15, -0.1) is 0 Å². The topological polar surface area (TPSA) is 55.4 Å². The number of aryl methyl sites for hydroxylation is 1. The molecule has 0 aliphatic heterocycles. The minimum Gasteiger partial charge on any atom is -0.467 e. The van der Waals surface area contributed by atoms with E-state index in [1.807, 2.05) is 0 Å². The van der Waals surface area contributed by atoms with E-state index in [1.165, 1.54) is 27.0 Å². The predicted molar refractivity (Wildman–Crippen MR) is 64.7 cm³/mol. The average molecular weight is 253 g/mol. The molecule has 0 aliphatic rings. The number of halogens is 1. The highest BCUT2D eigenvalue weighted by Crippen LogP contribution is 2.13. The summed E-state index contributed by atoms with van der Waals surface area (Å²) in [7, 11) is 1.23. The van der Waals surface area contributed by atoms with Crippen molar-refractivity contribution in [2.75, 3.05) is 7.11 Å². The van der Waals surface area contributed by atoms with Gasteiger partial charge in [0.1, 0.15) is 11.4 Å². The van der Waals surface area contributed by atoms with Crippen LogP contribution in [0.4, 0.5) is 4.39 Å². The number of carbonyl (C=O) groups excluding carboxylic acids is 2. The number of methoxy groups -OCH3 is 1. The van der Waals surface area contributed by atoms with Crippen LogP contribution in [-0.4, -0.2) is 24.5 Å². The standard InChI is InChI=1S/C13H16FNO3/c1-8-6-5-7-9(10(8)14)11(16)15-13(2,3)12(17)18-4/h5-7H,1-4H3,(H,15,16). The first-order valence-corrected chi connectivity index (χ1v) is 5.45. The van der Waals surface area contributed by atoms with Gasteiger partial charge >= 0.3 is 5.97 Å².